The predicted octanol–water partition coefficient (Wildman–Crippen LogP) is 4.31. The molecule has 2 fully saturated rings. The minimum atomic E-state index is -0.903. The summed E-state index contributed by atoms with van der Waals surface area (Å²) >= 11 is 0. The molecule has 2 N–H and O–H groups in total. The Balaban J connectivity index is 0.000000161. The van der Waals surface area contributed by atoms with E-state index in [1.165, 1.54) is 24.3 Å². The molecule has 28 heavy (non-hydrogen) atoms. The molecule has 0 aromatic heterocycles. The van der Waals surface area contributed by atoms with Crippen molar-refractivity contribution < 1.29 is 37.4 Å². The van der Waals surface area contributed by atoms with Crippen LogP contribution in [-0.4, -0.2) is 22.2 Å². The van der Waals surface area contributed by atoms with Gasteiger partial charge in [-0.1, -0.05) is 0 Å². The van der Waals surface area contributed by atoms with Gasteiger partial charge in [-0.05, 0) is 60.1 Å². The normalized spacial score (nSPS) is 24.7. The predicted molar refractivity (Wildman–Crippen MR) is 89.7 cm³/mol. The standard InChI is InChI=1S/2C10H8F2O2/c2*11-6-1-5(2-7(12)3-6)8-4-9(8)10(13)14/h2*1-3,8-9H,4H2,(H,13,14). The van der Waals surface area contributed by atoms with Crippen molar-refractivity contribution in [1.29, 1.82) is 0 Å². The molecule has 4 nitrogen and oxygen atoms in total. The van der Waals surface area contributed by atoms with Crippen molar-refractivity contribution in [3.05, 3.63) is 70.8 Å². The van der Waals surface area contributed by atoms with Gasteiger partial charge in [-0.3, -0.25) is 9.59 Å². The van der Waals surface area contributed by atoms with E-state index in [2.05, 4.69) is 0 Å². The van der Waals surface area contributed by atoms with Crippen LogP contribution in [0.3, 0.4) is 0 Å². The van der Waals surface area contributed by atoms with E-state index in [-0.39, 0.29) is 11.8 Å². The van der Waals surface area contributed by atoms with Gasteiger partial charge in [0.15, 0.2) is 0 Å². The number of carbonyl (C=O) groups is 2. The highest BCUT2D eigenvalue weighted by molar-refractivity contribution is 5.75. The number of hydrogen-bond donors (Lipinski definition) is 2. The second-order valence-electron chi connectivity index (χ2n) is 6.98. The molecule has 4 unspecified atom stereocenters. The summed E-state index contributed by atoms with van der Waals surface area (Å²) in [7, 11) is 0. The molecule has 2 aliphatic rings. The van der Waals surface area contributed by atoms with E-state index in [1.807, 2.05) is 0 Å². The maximum absolute atomic E-state index is 12.8. The summed E-state index contributed by atoms with van der Waals surface area (Å²) in [6, 6.07) is 6.32. The first-order valence-electron chi connectivity index (χ1n) is 8.53. The van der Waals surface area contributed by atoms with Crippen molar-refractivity contribution in [2.75, 3.05) is 0 Å². The van der Waals surface area contributed by atoms with Crippen LogP contribution in [0, 0.1) is 35.1 Å². The topological polar surface area (TPSA) is 74.6 Å². The third-order valence-electron chi connectivity index (χ3n) is 4.84. The lowest BCUT2D eigenvalue weighted by Crippen LogP contribution is -1.99. The van der Waals surface area contributed by atoms with Crippen molar-refractivity contribution in [1.82, 2.24) is 0 Å². The Morgan fingerprint density at radius 1 is 0.643 bits per heavy atom. The lowest BCUT2D eigenvalue weighted by molar-refractivity contribution is -0.139. The SMILES string of the molecule is O=C(O)C1CC1c1cc(F)cc(F)c1.O=C(O)C1CC1c1cc(F)cc(F)c1. The van der Waals surface area contributed by atoms with Gasteiger partial charge in [0.1, 0.15) is 23.3 Å². The Morgan fingerprint density at radius 2 is 0.929 bits per heavy atom. The van der Waals surface area contributed by atoms with Crippen molar-refractivity contribution in [3.63, 3.8) is 0 Å². The van der Waals surface area contributed by atoms with Gasteiger partial charge in [0.25, 0.3) is 0 Å². The van der Waals surface area contributed by atoms with E-state index in [0.717, 1.165) is 12.1 Å². The van der Waals surface area contributed by atoms with E-state index < -0.39 is 47.0 Å². The molecule has 2 saturated carbocycles. The minimum absolute atomic E-state index is 0.224. The monoisotopic (exact) mass is 396 g/mol. The Morgan fingerprint density at radius 3 is 1.14 bits per heavy atom. The zero-order valence-corrected chi connectivity index (χ0v) is 14.4. The molecule has 0 spiro atoms. The third-order valence-corrected chi connectivity index (χ3v) is 4.84. The van der Waals surface area contributed by atoms with E-state index in [4.69, 9.17) is 10.2 Å². The van der Waals surface area contributed by atoms with Crippen LogP contribution < -0.4 is 0 Å². The quantitative estimate of drug-likeness (QED) is 0.756. The van der Waals surface area contributed by atoms with E-state index in [0.29, 0.717) is 24.0 Å². The summed E-state index contributed by atoms with van der Waals surface area (Å²) < 4.78 is 51.0. The third kappa shape index (κ3) is 4.68. The highest BCUT2D eigenvalue weighted by Gasteiger charge is 2.45. The van der Waals surface area contributed by atoms with E-state index in [1.54, 1.807) is 0 Å². The van der Waals surface area contributed by atoms with Gasteiger partial charge >= 0.3 is 11.9 Å². The van der Waals surface area contributed by atoms with Crippen LogP contribution in [0.5, 0.6) is 0 Å². The Kier molecular flexibility index (Phi) is 5.40. The molecule has 4 rings (SSSR count). The fraction of sp³-hybridized carbons (Fsp3) is 0.300. The molecule has 0 heterocycles. The number of carboxylic acids is 2. The lowest BCUT2D eigenvalue weighted by atomic mass is 10.1. The van der Waals surface area contributed by atoms with Crippen molar-refractivity contribution in [3.8, 4) is 0 Å². The largest absolute Gasteiger partial charge is 0.481 e. The molecule has 4 atom stereocenters. The molecule has 2 aliphatic carbocycles. The number of halogens is 4. The van der Waals surface area contributed by atoms with Gasteiger partial charge in [0, 0.05) is 12.1 Å². The number of aliphatic carboxylic acids is 2. The Bertz CT molecular complexity index is 814. The maximum atomic E-state index is 12.8. The van der Waals surface area contributed by atoms with Crippen LogP contribution in [0.15, 0.2) is 36.4 Å². The molecule has 0 amide bonds. The molecular weight excluding hydrogens is 380 g/mol. The summed E-state index contributed by atoms with van der Waals surface area (Å²) in [5.74, 6) is -5.83. The number of benzene rings is 2. The van der Waals surface area contributed by atoms with Crippen molar-refractivity contribution in [2.24, 2.45) is 11.8 Å². The van der Waals surface area contributed by atoms with Crippen LogP contribution >= 0.6 is 0 Å². The average Bonchev–Trinajstić information content (AvgIpc) is 3.45. The van der Waals surface area contributed by atoms with Gasteiger partial charge in [0.2, 0.25) is 0 Å². The van der Waals surface area contributed by atoms with Crippen molar-refractivity contribution >= 4 is 11.9 Å². The maximum Gasteiger partial charge on any atom is 0.307 e. The first kappa shape index (κ1) is 19.9. The highest BCUT2D eigenvalue weighted by Crippen LogP contribution is 2.48. The van der Waals surface area contributed by atoms with Crippen LogP contribution in [-0.2, 0) is 9.59 Å². The van der Waals surface area contributed by atoms with Gasteiger partial charge in [-0.2, -0.15) is 0 Å². The van der Waals surface area contributed by atoms with Crippen LogP contribution in [0.2, 0.25) is 0 Å². The molecule has 2 aromatic carbocycles. The van der Waals surface area contributed by atoms with Crippen molar-refractivity contribution in [2.45, 2.75) is 24.7 Å². The fourth-order valence-corrected chi connectivity index (χ4v) is 3.25. The zero-order chi connectivity index (χ0) is 20.6. The van der Waals surface area contributed by atoms with Crippen LogP contribution in [0.1, 0.15) is 35.8 Å². The Hall–Kier alpha value is -2.90. The van der Waals surface area contributed by atoms with Crippen LogP contribution in [0.25, 0.3) is 0 Å². The van der Waals surface area contributed by atoms with Gasteiger partial charge in [-0.15, -0.1) is 0 Å². The molecule has 2 aromatic rings. The lowest BCUT2D eigenvalue weighted by Gasteiger charge is -1.99. The van der Waals surface area contributed by atoms with E-state index in [9.17, 15) is 27.2 Å². The number of rotatable bonds is 4. The number of hydrogen-bond acceptors (Lipinski definition) is 2. The summed E-state index contributed by atoms with van der Waals surface area (Å²) in [6.45, 7) is 0. The second-order valence-corrected chi connectivity index (χ2v) is 6.98. The number of carboxylic acid groups (broad SMARTS) is 2. The van der Waals surface area contributed by atoms with E-state index >= 15 is 0 Å². The summed E-state index contributed by atoms with van der Waals surface area (Å²) in [5.41, 5.74) is 0.879. The molecule has 0 bridgehead atoms. The average molecular weight is 396 g/mol. The summed E-state index contributed by atoms with van der Waals surface area (Å²) in [6.07, 6.45) is 0.941. The second kappa shape index (κ2) is 7.61. The fourth-order valence-electron chi connectivity index (χ4n) is 3.25. The molecule has 0 saturated heterocycles. The molecule has 8 heteroatoms. The summed E-state index contributed by atoms with van der Waals surface area (Å²) in [5, 5.41) is 17.3. The minimum Gasteiger partial charge on any atom is -0.481 e. The summed E-state index contributed by atoms with van der Waals surface area (Å²) in [4.78, 5) is 21.1. The van der Waals surface area contributed by atoms with Gasteiger partial charge < -0.3 is 10.2 Å². The van der Waals surface area contributed by atoms with Gasteiger partial charge in [-0.25, -0.2) is 17.6 Å². The molecule has 148 valence electrons. The Labute approximate surface area is 157 Å². The van der Waals surface area contributed by atoms with Gasteiger partial charge in [0.05, 0.1) is 11.8 Å². The first-order valence-corrected chi connectivity index (χ1v) is 8.53. The first-order chi connectivity index (χ1) is 13.2. The highest BCUT2D eigenvalue weighted by atomic mass is 19.1. The van der Waals surface area contributed by atoms with Crippen LogP contribution in [0.4, 0.5) is 17.6 Å². The molecule has 0 aliphatic heterocycles. The molecule has 0 radical (unpaired) electrons. The molecular formula is C20H16F4O4. The smallest absolute Gasteiger partial charge is 0.307 e. The zero-order valence-electron chi connectivity index (χ0n) is 14.4.